The zero-order valence-electron chi connectivity index (χ0n) is 14.7. The molecule has 9 heteroatoms. The molecule has 144 valence electrons. The molecule has 1 aliphatic heterocycles. The maximum atomic E-state index is 12.4. The number of para-hydroxylation sites is 2. The quantitative estimate of drug-likeness (QED) is 0.658. The number of carbonyl (C=O) groups excluding carboxylic acids is 4. The number of amides is 4. The summed E-state index contributed by atoms with van der Waals surface area (Å²) in [7, 11) is 0. The van der Waals surface area contributed by atoms with Crippen molar-refractivity contribution in [2.24, 2.45) is 0 Å². The first-order chi connectivity index (χ1) is 13.5. The molecule has 2 aromatic carbocycles. The Hall–Kier alpha value is -3.88. The molecule has 0 unspecified atom stereocenters. The zero-order valence-corrected chi connectivity index (χ0v) is 14.7. The molecule has 3 N–H and O–H groups in total. The van der Waals surface area contributed by atoms with Gasteiger partial charge in [0.25, 0.3) is 0 Å². The van der Waals surface area contributed by atoms with E-state index in [2.05, 4.69) is 16.0 Å². The van der Waals surface area contributed by atoms with Gasteiger partial charge in [0, 0.05) is 0 Å². The fraction of sp³-hybridized carbons (Fsp3) is 0.158. The molecule has 0 aromatic heterocycles. The van der Waals surface area contributed by atoms with E-state index in [9.17, 15) is 24.3 Å². The van der Waals surface area contributed by atoms with Crippen molar-refractivity contribution < 1.29 is 24.3 Å². The van der Waals surface area contributed by atoms with Crippen LogP contribution < -0.4 is 26.0 Å². The van der Waals surface area contributed by atoms with Gasteiger partial charge >= 0.3 is 6.03 Å². The number of hydrogen-bond donors (Lipinski definition) is 3. The lowest BCUT2D eigenvalue weighted by atomic mass is 10.1. The number of carboxylic acids is 1. The highest BCUT2D eigenvalue weighted by Crippen LogP contribution is 2.28. The Morgan fingerprint density at radius 1 is 1.07 bits per heavy atom. The van der Waals surface area contributed by atoms with Gasteiger partial charge in [-0.2, -0.15) is 0 Å². The van der Waals surface area contributed by atoms with Crippen molar-refractivity contribution in [3.63, 3.8) is 0 Å². The molecule has 9 nitrogen and oxygen atoms in total. The number of carbonyl (C=O) groups is 4. The zero-order chi connectivity index (χ0) is 20.1. The molecule has 3 rings (SSSR count). The van der Waals surface area contributed by atoms with Gasteiger partial charge in [-0.25, -0.2) is 4.79 Å². The molecule has 4 amide bonds. The van der Waals surface area contributed by atoms with Gasteiger partial charge in [0.15, 0.2) is 0 Å². The van der Waals surface area contributed by atoms with Gasteiger partial charge in [0.1, 0.15) is 6.54 Å². The molecular formula is C19H17N4O5-. The number of hydrogen-bond acceptors (Lipinski definition) is 5. The van der Waals surface area contributed by atoms with Crippen molar-refractivity contribution in [1.29, 1.82) is 0 Å². The molecule has 2 aromatic rings. The first-order valence-electron chi connectivity index (χ1n) is 8.45. The molecule has 1 aliphatic rings. The van der Waals surface area contributed by atoms with E-state index in [0.29, 0.717) is 16.9 Å². The predicted molar refractivity (Wildman–Crippen MR) is 98.1 cm³/mol. The number of benzene rings is 2. The average molecular weight is 381 g/mol. The van der Waals surface area contributed by atoms with Gasteiger partial charge in [-0.3, -0.25) is 14.5 Å². The highest BCUT2D eigenvalue weighted by molar-refractivity contribution is 6.09. The van der Waals surface area contributed by atoms with E-state index in [-0.39, 0.29) is 12.5 Å². The number of nitrogens with one attached hydrogen (secondary N) is 3. The minimum Gasteiger partial charge on any atom is -0.548 e. The highest BCUT2D eigenvalue weighted by Gasteiger charge is 2.27. The average Bonchev–Trinajstić information content (AvgIpc) is 2.70. The Balaban J connectivity index is 1.62. The number of fused-ring (bicyclic) bond motifs is 1. The first kappa shape index (κ1) is 18.9. The fourth-order valence-electron chi connectivity index (χ4n) is 2.80. The first-order valence-corrected chi connectivity index (χ1v) is 8.45. The van der Waals surface area contributed by atoms with Crippen molar-refractivity contribution in [3.05, 3.63) is 60.2 Å². The third-order valence-corrected chi connectivity index (χ3v) is 4.09. The minimum atomic E-state index is -1.47. The number of aliphatic carboxylic acids is 1. The van der Waals surface area contributed by atoms with Crippen LogP contribution in [0.15, 0.2) is 54.6 Å². The molecule has 1 atom stereocenters. The Morgan fingerprint density at radius 3 is 2.46 bits per heavy atom. The SMILES string of the molecule is O=C1CN(C(=O)NCC(=O)N[C@@H](C(=O)[O-])c2ccccc2)c2ccccc2N1. The van der Waals surface area contributed by atoms with Gasteiger partial charge in [0.2, 0.25) is 11.8 Å². The standard InChI is InChI=1S/C19H18N4O5/c24-15(22-17(18(26)27)12-6-2-1-3-7-12)10-20-19(28)23-11-16(25)21-13-8-4-5-9-14(13)23/h1-9,17H,10-11H2,(H,20,28)(H,21,25)(H,22,24)(H,26,27)/p-1/t17-/m1/s1. The van der Waals surface area contributed by atoms with Gasteiger partial charge < -0.3 is 25.9 Å². The van der Waals surface area contributed by atoms with Crippen LogP contribution in [0.2, 0.25) is 0 Å². The maximum Gasteiger partial charge on any atom is 0.322 e. The van der Waals surface area contributed by atoms with Gasteiger partial charge in [-0.05, 0) is 17.7 Å². The summed E-state index contributed by atoms with van der Waals surface area (Å²) in [5.74, 6) is -2.53. The summed E-state index contributed by atoms with van der Waals surface area (Å²) >= 11 is 0. The number of nitrogens with zero attached hydrogens (tertiary/aromatic N) is 1. The van der Waals surface area contributed by atoms with E-state index in [1.165, 1.54) is 4.90 Å². The van der Waals surface area contributed by atoms with Crippen molar-refractivity contribution in [3.8, 4) is 0 Å². The van der Waals surface area contributed by atoms with Crippen molar-refractivity contribution in [2.75, 3.05) is 23.3 Å². The van der Waals surface area contributed by atoms with Gasteiger partial charge in [-0.1, -0.05) is 42.5 Å². The van der Waals surface area contributed by atoms with Crippen LogP contribution in [0, 0.1) is 0 Å². The monoisotopic (exact) mass is 381 g/mol. The van der Waals surface area contributed by atoms with Crippen molar-refractivity contribution >= 4 is 35.2 Å². The largest absolute Gasteiger partial charge is 0.548 e. The van der Waals surface area contributed by atoms with Crippen LogP contribution in [-0.4, -0.2) is 36.9 Å². The summed E-state index contributed by atoms with van der Waals surface area (Å²) in [4.78, 5) is 48.8. The Kier molecular flexibility index (Phi) is 5.54. The summed E-state index contributed by atoms with van der Waals surface area (Å²) in [6.07, 6.45) is 0. The van der Waals surface area contributed by atoms with E-state index >= 15 is 0 Å². The lowest BCUT2D eigenvalue weighted by molar-refractivity contribution is -0.308. The van der Waals surface area contributed by atoms with Crippen LogP contribution in [0.25, 0.3) is 0 Å². The molecule has 0 bridgehead atoms. The molecule has 1 heterocycles. The normalized spacial score (nSPS) is 13.7. The fourth-order valence-corrected chi connectivity index (χ4v) is 2.80. The van der Waals surface area contributed by atoms with E-state index in [4.69, 9.17) is 0 Å². The minimum absolute atomic E-state index is 0.198. The van der Waals surface area contributed by atoms with Crippen LogP contribution in [0.4, 0.5) is 16.2 Å². The lowest BCUT2D eigenvalue weighted by Crippen LogP contribution is -2.50. The van der Waals surface area contributed by atoms with E-state index in [1.54, 1.807) is 54.6 Å². The van der Waals surface area contributed by atoms with Gasteiger partial charge in [0.05, 0.1) is 29.9 Å². The Morgan fingerprint density at radius 2 is 1.75 bits per heavy atom. The molecule has 0 saturated carbocycles. The van der Waals surface area contributed by atoms with E-state index in [0.717, 1.165) is 0 Å². The van der Waals surface area contributed by atoms with Crippen molar-refractivity contribution in [1.82, 2.24) is 10.6 Å². The van der Waals surface area contributed by atoms with Crippen LogP contribution in [0.1, 0.15) is 11.6 Å². The second-order valence-corrected chi connectivity index (χ2v) is 6.04. The van der Waals surface area contributed by atoms with Crippen LogP contribution in [0.5, 0.6) is 0 Å². The molecule has 0 aliphatic carbocycles. The lowest BCUT2D eigenvalue weighted by Gasteiger charge is -2.29. The number of rotatable bonds is 5. The highest BCUT2D eigenvalue weighted by atomic mass is 16.4. The molecule has 0 saturated heterocycles. The van der Waals surface area contributed by atoms with Gasteiger partial charge in [-0.15, -0.1) is 0 Å². The number of carboxylic acid groups (broad SMARTS) is 1. The number of urea groups is 1. The molecule has 0 spiro atoms. The smallest absolute Gasteiger partial charge is 0.322 e. The second kappa shape index (κ2) is 8.21. The molecule has 0 radical (unpaired) electrons. The van der Waals surface area contributed by atoms with Crippen LogP contribution >= 0.6 is 0 Å². The van der Waals surface area contributed by atoms with Crippen molar-refractivity contribution in [2.45, 2.75) is 6.04 Å². The second-order valence-electron chi connectivity index (χ2n) is 6.04. The summed E-state index contributed by atoms with van der Waals surface area (Å²) in [5.41, 5.74) is 1.33. The van der Waals surface area contributed by atoms with Crippen LogP contribution in [0.3, 0.4) is 0 Å². The molecule has 0 fully saturated rings. The van der Waals surface area contributed by atoms with E-state index in [1.807, 2.05) is 0 Å². The molecular weight excluding hydrogens is 364 g/mol. The Labute approximate surface area is 160 Å². The number of anilines is 2. The third kappa shape index (κ3) is 4.26. The topological polar surface area (TPSA) is 131 Å². The predicted octanol–water partition coefficient (Wildman–Crippen LogP) is -0.238. The maximum absolute atomic E-state index is 12.4. The Bertz CT molecular complexity index is 916. The molecule has 28 heavy (non-hydrogen) atoms. The summed E-state index contributed by atoms with van der Waals surface area (Å²) in [6.45, 7) is -0.661. The van der Waals surface area contributed by atoms with E-state index < -0.39 is 30.5 Å². The summed E-state index contributed by atoms with van der Waals surface area (Å²) in [6, 6.07) is 12.8. The van der Waals surface area contributed by atoms with Crippen LogP contribution in [-0.2, 0) is 14.4 Å². The third-order valence-electron chi connectivity index (χ3n) is 4.09. The summed E-state index contributed by atoms with van der Waals surface area (Å²) in [5, 5.41) is 18.7. The summed E-state index contributed by atoms with van der Waals surface area (Å²) < 4.78 is 0.